The average Bonchev–Trinajstić information content (AvgIpc) is 3.07. The van der Waals surface area contributed by atoms with E-state index >= 15 is 0 Å². The van der Waals surface area contributed by atoms with E-state index in [2.05, 4.69) is 18.0 Å². The van der Waals surface area contributed by atoms with Gasteiger partial charge in [0.05, 0.1) is 6.61 Å². The third-order valence-corrected chi connectivity index (χ3v) is 9.67. The van der Waals surface area contributed by atoms with Gasteiger partial charge in [0.2, 0.25) is 0 Å². The van der Waals surface area contributed by atoms with Crippen molar-refractivity contribution >= 4 is 19.8 Å². The van der Waals surface area contributed by atoms with Crippen LogP contribution in [0.15, 0.2) is 12.7 Å². The molecule has 0 aliphatic carbocycles. The summed E-state index contributed by atoms with van der Waals surface area (Å²) in [6.07, 6.45) is 38.2. The van der Waals surface area contributed by atoms with Gasteiger partial charge in [0, 0.05) is 12.8 Å². The number of hydrogen-bond donors (Lipinski definition) is 2. The van der Waals surface area contributed by atoms with Gasteiger partial charge in [-0.15, -0.1) is 6.58 Å². The first-order valence-electron chi connectivity index (χ1n) is 20.4. The molecule has 0 saturated carbocycles. The number of ether oxygens (including phenoxy) is 2. The second kappa shape index (κ2) is 36.6. The van der Waals surface area contributed by atoms with Gasteiger partial charge < -0.3 is 19.3 Å². The molecule has 0 radical (unpaired) electrons. The summed E-state index contributed by atoms with van der Waals surface area (Å²) in [4.78, 5) is 42.8. The van der Waals surface area contributed by atoms with Crippen LogP contribution in [0, 0.1) is 0 Å². The lowest BCUT2D eigenvalue weighted by atomic mass is 10.0. The molecule has 0 aromatic heterocycles. The predicted octanol–water partition coefficient (Wildman–Crippen LogP) is 12.2. The molecule has 0 rings (SSSR count). The molecule has 1 atom stereocenters. The van der Waals surface area contributed by atoms with E-state index in [1.165, 1.54) is 148 Å². The van der Waals surface area contributed by atoms with Gasteiger partial charge in [0.1, 0.15) is 6.61 Å². The molecular weight excluding hydrogens is 639 g/mol. The van der Waals surface area contributed by atoms with Crippen molar-refractivity contribution in [2.24, 2.45) is 0 Å². The van der Waals surface area contributed by atoms with Crippen LogP contribution in [-0.2, 0) is 28.2 Å². The molecule has 0 spiro atoms. The van der Waals surface area contributed by atoms with Gasteiger partial charge in [-0.25, -0.2) is 4.57 Å². The van der Waals surface area contributed by atoms with Crippen LogP contribution in [0.5, 0.6) is 0 Å². The second-order valence-electron chi connectivity index (χ2n) is 14.1. The van der Waals surface area contributed by atoms with E-state index in [0.29, 0.717) is 6.42 Å². The monoisotopic (exact) mass is 717 g/mol. The Morgan fingerprint density at radius 2 is 0.898 bits per heavy atom. The molecule has 0 bridgehead atoms. The summed E-state index contributed by atoms with van der Waals surface area (Å²) < 4.78 is 26.4. The number of allylic oxidation sites excluding steroid dienone is 1. The molecule has 0 amide bonds. The van der Waals surface area contributed by atoms with Crippen LogP contribution in [0.1, 0.15) is 212 Å². The van der Waals surface area contributed by atoms with Crippen LogP contribution in [0.3, 0.4) is 0 Å². The number of esters is 2. The first-order valence-corrected chi connectivity index (χ1v) is 22.0. The number of phosphoric acid groups is 1. The number of hydrogen-bond acceptors (Lipinski definition) is 6. The minimum absolute atomic E-state index is 0.217. The molecule has 0 saturated heterocycles. The third-order valence-electron chi connectivity index (χ3n) is 9.18. The first kappa shape index (κ1) is 47.8. The zero-order chi connectivity index (χ0) is 36.1. The summed E-state index contributed by atoms with van der Waals surface area (Å²) in [5.74, 6) is -0.875. The van der Waals surface area contributed by atoms with Crippen molar-refractivity contribution in [3.05, 3.63) is 12.7 Å². The van der Waals surface area contributed by atoms with Crippen molar-refractivity contribution in [2.45, 2.75) is 218 Å². The Balaban J connectivity index is 3.87. The molecule has 49 heavy (non-hydrogen) atoms. The fourth-order valence-corrected chi connectivity index (χ4v) is 6.48. The van der Waals surface area contributed by atoms with Crippen molar-refractivity contribution in [1.29, 1.82) is 0 Å². The molecule has 0 heterocycles. The van der Waals surface area contributed by atoms with Gasteiger partial charge >= 0.3 is 19.8 Å². The summed E-state index contributed by atoms with van der Waals surface area (Å²) in [6, 6.07) is 0. The molecule has 0 aromatic carbocycles. The van der Waals surface area contributed by atoms with Gasteiger partial charge in [-0.05, 0) is 25.7 Å². The van der Waals surface area contributed by atoms with Gasteiger partial charge in [0.15, 0.2) is 6.10 Å². The minimum Gasteiger partial charge on any atom is -0.462 e. The van der Waals surface area contributed by atoms with Crippen molar-refractivity contribution < 1.29 is 37.9 Å². The minimum atomic E-state index is -4.75. The Labute approximate surface area is 301 Å². The van der Waals surface area contributed by atoms with Crippen molar-refractivity contribution in [2.75, 3.05) is 13.2 Å². The number of unbranched alkanes of at least 4 members (excludes halogenated alkanes) is 28. The summed E-state index contributed by atoms with van der Waals surface area (Å²) in [5, 5.41) is 0. The molecule has 0 aliphatic rings. The van der Waals surface area contributed by atoms with E-state index in [1.54, 1.807) is 0 Å². The van der Waals surface area contributed by atoms with Crippen molar-refractivity contribution in [3.63, 3.8) is 0 Å². The smallest absolute Gasteiger partial charge is 0.462 e. The lowest BCUT2D eigenvalue weighted by molar-refractivity contribution is -0.161. The Morgan fingerprint density at radius 3 is 1.27 bits per heavy atom. The standard InChI is InChI=1S/C40H77O8P/c1-3-5-7-9-11-13-15-17-19-21-23-25-27-29-31-33-35-40(42)48-38(37-47-49(43,44)45)36-46-39(41)34-32-30-28-26-24-22-20-18-16-14-12-10-8-6-4-2/h4,38H,2-3,5-37H2,1H3,(H2,43,44,45)/t38-/m1/s1. The normalized spacial score (nSPS) is 12.2. The number of phosphoric ester groups is 1. The van der Waals surface area contributed by atoms with E-state index in [1.807, 2.05) is 6.08 Å². The topological polar surface area (TPSA) is 119 Å². The second-order valence-corrected chi connectivity index (χ2v) is 15.3. The first-order chi connectivity index (χ1) is 23.8. The van der Waals surface area contributed by atoms with Gasteiger partial charge in [0.25, 0.3) is 0 Å². The Morgan fingerprint density at radius 1 is 0.551 bits per heavy atom. The Kier molecular flexibility index (Phi) is 35.7. The maximum absolute atomic E-state index is 12.4. The van der Waals surface area contributed by atoms with E-state index < -0.39 is 32.5 Å². The quantitative estimate of drug-likeness (QED) is 0.0279. The summed E-state index contributed by atoms with van der Waals surface area (Å²) in [5.41, 5.74) is 0. The van der Waals surface area contributed by atoms with Gasteiger partial charge in [-0.1, -0.05) is 180 Å². The van der Waals surface area contributed by atoms with Crippen LogP contribution in [0.4, 0.5) is 0 Å². The molecular formula is C40H77O8P. The largest absolute Gasteiger partial charge is 0.469 e. The molecule has 2 N–H and O–H groups in total. The summed E-state index contributed by atoms with van der Waals surface area (Å²) in [6.45, 7) is 5.22. The number of carbonyl (C=O) groups is 2. The summed E-state index contributed by atoms with van der Waals surface area (Å²) in [7, 11) is -4.75. The molecule has 0 aliphatic heterocycles. The Hall–Kier alpha value is -1.21. The molecule has 0 fully saturated rings. The highest BCUT2D eigenvalue weighted by Gasteiger charge is 2.22. The molecule has 290 valence electrons. The molecule has 8 nitrogen and oxygen atoms in total. The van der Waals surface area contributed by atoms with Crippen LogP contribution in [0.2, 0.25) is 0 Å². The molecule has 9 heteroatoms. The number of carbonyl (C=O) groups excluding carboxylic acids is 2. The van der Waals surface area contributed by atoms with Crippen molar-refractivity contribution in [3.8, 4) is 0 Å². The van der Waals surface area contributed by atoms with Crippen LogP contribution in [0.25, 0.3) is 0 Å². The highest BCUT2D eigenvalue weighted by atomic mass is 31.2. The summed E-state index contributed by atoms with van der Waals surface area (Å²) >= 11 is 0. The van der Waals surface area contributed by atoms with E-state index in [4.69, 9.17) is 19.3 Å². The fraction of sp³-hybridized carbons (Fsp3) is 0.900. The average molecular weight is 717 g/mol. The highest BCUT2D eigenvalue weighted by Crippen LogP contribution is 2.36. The number of rotatable bonds is 39. The van der Waals surface area contributed by atoms with Crippen LogP contribution < -0.4 is 0 Å². The van der Waals surface area contributed by atoms with Gasteiger partial charge in [-0.2, -0.15) is 0 Å². The van der Waals surface area contributed by atoms with Crippen LogP contribution >= 0.6 is 7.82 Å². The molecule has 0 aromatic rings. The maximum atomic E-state index is 12.4. The van der Waals surface area contributed by atoms with Crippen molar-refractivity contribution in [1.82, 2.24) is 0 Å². The molecule has 0 unspecified atom stereocenters. The Bertz CT molecular complexity index is 799. The lowest BCUT2D eigenvalue weighted by Crippen LogP contribution is -2.29. The third kappa shape index (κ3) is 39.4. The van der Waals surface area contributed by atoms with E-state index in [0.717, 1.165) is 38.5 Å². The predicted molar refractivity (Wildman–Crippen MR) is 202 cm³/mol. The maximum Gasteiger partial charge on any atom is 0.469 e. The fourth-order valence-electron chi connectivity index (χ4n) is 6.12. The van der Waals surface area contributed by atoms with E-state index in [9.17, 15) is 14.2 Å². The highest BCUT2D eigenvalue weighted by molar-refractivity contribution is 7.46. The van der Waals surface area contributed by atoms with Crippen LogP contribution in [-0.4, -0.2) is 41.0 Å². The van der Waals surface area contributed by atoms with E-state index in [-0.39, 0.29) is 19.4 Å². The lowest BCUT2D eigenvalue weighted by Gasteiger charge is -2.18. The SMILES string of the molecule is C=CCCCCCCCCCCCCCCCC(=O)OC[C@H](COP(=O)(O)O)OC(=O)CCCCCCCCCCCCCCCCCC. The zero-order valence-corrected chi connectivity index (χ0v) is 32.6. The van der Waals surface area contributed by atoms with Gasteiger partial charge in [-0.3, -0.25) is 14.1 Å². The zero-order valence-electron chi connectivity index (χ0n) is 31.7.